The standard InChI is InChI=1S/C21H19N3O3/c25-20(18-7-3-5-15-4-1-2-6-17(15)18)24-12-10-23(11-13-24)16-8-9-19(21(26)27)22-14-16/h1-9,14H,10-13H2,(H,26,27). The first-order chi connectivity index (χ1) is 13.1. The van der Waals surface area contributed by atoms with Gasteiger partial charge in [0.1, 0.15) is 5.69 Å². The van der Waals surface area contributed by atoms with Crippen molar-refractivity contribution in [2.45, 2.75) is 0 Å². The van der Waals surface area contributed by atoms with Crippen molar-refractivity contribution < 1.29 is 14.7 Å². The predicted molar refractivity (Wildman–Crippen MR) is 103 cm³/mol. The molecule has 4 rings (SSSR count). The lowest BCUT2D eigenvalue weighted by molar-refractivity contribution is 0.0689. The van der Waals surface area contributed by atoms with Crippen LogP contribution in [0, 0.1) is 0 Å². The summed E-state index contributed by atoms with van der Waals surface area (Å²) in [6, 6.07) is 17.0. The summed E-state index contributed by atoms with van der Waals surface area (Å²) in [5, 5.41) is 11.0. The number of aromatic nitrogens is 1. The van der Waals surface area contributed by atoms with Gasteiger partial charge < -0.3 is 14.9 Å². The molecule has 0 radical (unpaired) electrons. The number of piperazine rings is 1. The number of hydrogen-bond acceptors (Lipinski definition) is 4. The fourth-order valence-electron chi connectivity index (χ4n) is 3.45. The fourth-order valence-corrected chi connectivity index (χ4v) is 3.45. The molecule has 0 bridgehead atoms. The number of carbonyl (C=O) groups excluding carboxylic acids is 1. The number of fused-ring (bicyclic) bond motifs is 1. The Morgan fingerprint density at radius 2 is 1.63 bits per heavy atom. The second kappa shape index (κ2) is 7.07. The van der Waals surface area contributed by atoms with Crippen molar-refractivity contribution in [1.29, 1.82) is 0 Å². The summed E-state index contributed by atoms with van der Waals surface area (Å²) in [6.45, 7) is 2.60. The van der Waals surface area contributed by atoms with E-state index in [1.165, 1.54) is 6.07 Å². The van der Waals surface area contributed by atoms with E-state index in [1.807, 2.05) is 47.4 Å². The highest BCUT2D eigenvalue weighted by molar-refractivity contribution is 6.07. The smallest absolute Gasteiger partial charge is 0.354 e. The van der Waals surface area contributed by atoms with Gasteiger partial charge in [-0.05, 0) is 29.0 Å². The van der Waals surface area contributed by atoms with Crippen LogP contribution in [-0.2, 0) is 0 Å². The van der Waals surface area contributed by atoms with E-state index in [0.717, 1.165) is 22.0 Å². The Hall–Kier alpha value is -3.41. The van der Waals surface area contributed by atoms with Gasteiger partial charge in [-0.2, -0.15) is 0 Å². The molecule has 0 saturated carbocycles. The van der Waals surface area contributed by atoms with Gasteiger partial charge in [-0.15, -0.1) is 0 Å². The van der Waals surface area contributed by atoms with Crippen molar-refractivity contribution in [2.75, 3.05) is 31.1 Å². The summed E-state index contributed by atoms with van der Waals surface area (Å²) in [7, 11) is 0. The molecule has 6 nitrogen and oxygen atoms in total. The van der Waals surface area contributed by atoms with Gasteiger partial charge in [0.05, 0.1) is 11.9 Å². The number of anilines is 1. The van der Waals surface area contributed by atoms with E-state index in [4.69, 9.17) is 5.11 Å². The summed E-state index contributed by atoms with van der Waals surface area (Å²) >= 11 is 0. The normalized spacial score (nSPS) is 14.4. The van der Waals surface area contributed by atoms with E-state index in [0.29, 0.717) is 26.2 Å². The number of pyridine rings is 1. The van der Waals surface area contributed by atoms with Gasteiger partial charge in [-0.25, -0.2) is 9.78 Å². The molecule has 1 aromatic heterocycles. The third kappa shape index (κ3) is 3.33. The van der Waals surface area contributed by atoms with Crippen LogP contribution in [0.3, 0.4) is 0 Å². The minimum Gasteiger partial charge on any atom is -0.477 e. The molecule has 2 heterocycles. The molecule has 1 aliphatic rings. The molecule has 1 N–H and O–H groups in total. The van der Waals surface area contributed by atoms with Crippen LogP contribution in [0.2, 0.25) is 0 Å². The predicted octanol–water partition coefficient (Wildman–Crippen LogP) is 2.90. The molecule has 0 spiro atoms. The van der Waals surface area contributed by atoms with Gasteiger partial charge in [-0.3, -0.25) is 4.79 Å². The minimum absolute atomic E-state index is 0.0310. The van der Waals surface area contributed by atoms with Gasteiger partial charge in [0.2, 0.25) is 0 Å². The molecule has 3 aromatic rings. The highest BCUT2D eigenvalue weighted by atomic mass is 16.4. The second-order valence-electron chi connectivity index (χ2n) is 6.51. The van der Waals surface area contributed by atoms with E-state index in [1.54, 1.807) is 12.3 Å². The monoisotopic (exact) mass is 361 g/mol. The largest absolute Gasteiger partial charge is 0.477 e. The Kier molecular flexibility index (Phi) is 4.46. The first-order valence-electron chi connectivity index (χ1n) is 8.85. The first kappa shape index (κ1) is 17.0. The number of rotatable bonds is 3. The number of carboxylic acids is 1. The Morgan fingerprint density at radius 3 is 2.33 bits per heavy atom. The molecule has 0 atom stereocenters. The lowest BCUT2D eigenvalue weighted by Gasteiger charge is -2.36. The first-order valence-corrected chi connectivity index (χ1v) is 8.85. The van der Waals surface area contributed by atoms with Crippen LogP contribution >= 0.6 is 0 Å². The molecule has 27 heavy (non-hydrogen) atoms. The summed E-state index contributed by atoms with van der Waals surface area (Å²) in [6.07, 6.45) is 1.58. The topological polar surface area (TPSA) is 73.7 Å². The van der Waals surface area contributed by atoms with Crippen LogP contribution in [0.4, 0.5) is 5.69 Å². The zero-order valence-electron chi connectivity index (χ0n) is 14.7. The minimum atomic E-state index is -1.04. The zero-order chi connectivity index (χ0) is 18.8. The third-order valence-electron chi connectivity index (χ3n) is 4.92. The number of carbonyl (C=O) groups is 2. The van der Waals surface area contributed by atoms with Crippen molar-refractivity contribution in [2.24, 2.45) is 0 Å². The average molecular weight is 361 g/mol. The van der Waals surface area contributed by atoms with Crippen molar-refractivity contribution >= 4 is 28.3 Å². The number of benzene rings is 2. The summed E-state index contributed by atoms with van der Waals surface area (Å²) < 4.78 is 0. The van der Waals surface area contributed by atoms with E-state index < -0.39 is 5.97 Å². The number of aromatic carboxylic acids is 1. The van der Waals surface area contributed by atoms with Crippen LogP contribution in [0.1, 0.15) is 20.8 Å². The molecule has 1 amide bonds. The van der Waals surface area contributed by atoms with Crippen molar-refractivity contribution in [3.8, 4) is 0 Å². The Balaban J connectivity index is 1.47. The van der Waals surface area contributed by atoms with Crippen LogP contribution in [0.15, 0.2) is 60.8 Å². The fraction of sp³-hybridized carbons (Fsp3) is 0.190. The van der Waals surface area contributed by atoms with E-state index in [9.17, 15) is 9.59 Å². The van der Waals surface area contributed by atoms with Crippen LogP contribution in [0.25, 0.3) is 10.8 Å². The van der Waals surface area contributed by atoms with Crippen LogP contribution in [-0.4, -0.2) is 53.0 Å². The molecule has 6 heteroatoms. The van der Waals surface area contributed by atoms with E-state index in [-0.39, 0.29) is 11.6 Å². The van der Waals surface area contributed by atoms with Gasteiger partial charge in [0.15, 0.2) is 0 Å². The Labute approximate surface area is 156 Å². The summed E-state index contributed by atoms with van der Waals surface area (Å²) in [4.78, 5) is 31.9. The average Bonchev–Trinajstić information content (AvgIpc) is 2.73. The van der Waals surface area contributed by atoms with Gasteiger partial charge in [0.25, 0.3) is 5.91 Å². The quantitative estimate of drug-likeness (QED) is 0.776. The maximum absolute atomic E-state index is 13.0. The van der Waals surface area contributed by atoms with Crippen molar-refractivity contribution in [1.82, 2.24) is 9.88 Å². The van der Waals surface area contributed by atoms with Crippen LogP contribution < -0.4 is 4.90 Å². The van der Waals surface area contributed by atoms with E-state index in [2.05, 4.69) is 9.88 Å². The number of nitrogens with zero attached hydrogens (tertiary/aromatic N) is 3. The Bertz CT molecular complexity index is 988. The van der Waals surface area contributed by atoms with E-state index >= 15 is 0 Å². The zero-order valence-corrected chi connectivity index (χ0v) is 14.7. The molecule has 1 fully saturated rings. The summed E-state index contributed by atoms with van der Waals surface area (Å²) in [5.74, 6) is -0.988. The molecule has 0 unspecified atom stereocenters. The number of carboxylic acid groups (broad SMARTS) is 1. The number of hydrogen-bond donors (Lipinski definition) is 1. The molecule has 1 saturated heterocycles. The maximum Gasteiger partial charge on any atom is 0.354 e. The number of amides is 1. The molecular weight excluding hydrogens is 342 g/mol. The lowest BCUT2D eigenvalue weighted by atomic mass is 10.0. The third-order valence-corrected chi connectivity index (χ3v) is 4.92. The molecule has 1 aliphatic heterocycles. The Morgan fingerprint density at radius 1 is 0.889 bits per heavy atom. The van der Waals surface area contributed by atoms with Crippen LogP contribution in [0.5, 0.6) is 0 Å². The molecule has 2 aromatic carbocycles. The van der Waals surface area contributed by atoms with Gasteiger partial charge in [0, 0.05) is 31.7 Å². The van der Waals surface area contributed by atoms with Crippen molar-refractivity contribution in [3.63, 3.8) is 0 Å². The van der Waals surface area contributed by atoms with Crippen molar-refractivity contribution in [3.05, 3.63) is 72.1 Å². The second-order valence-corrected chi connectivity index (χ2v) is 6.51. The summed E-state index contributed by atoms with van der Waals surface area (Å²) in [5.41, 5.74) is 1.63. The molecule has 136 valence electrons. The highest BCUT2D eigenvalue weighted by Crippen LogP contribution is 2.22. The SMILES string of the molecule is O=C(O)c1ccc(N2CCN(C(=O)c3cccc4ccccc34)CC2)cn1. The lowest BCUT2D eigenvalue weighted by Crippen LogP contribution is -2.48. The maximum atomic E-state index is 13.0. The highest BCUT2D eigenvalue weighted by Gasteiger charge is 2.23. The van der Waals surface area contributed by atoms with Gasteiger partial charge in [-0.1, -0.05) is 36.4 Å². The molecule has 0 aliphatic carbocycles. The molecular formula is C21H19N3O3. The van der Waals surface area contributed by atoms with Gasteiger partial charge >= 0.3 is 5.97 Å².